The van der Waals surface area contributed by atoms with E-state index in [1.165, 1.54) is 0 Å². The molecule has 0 atom stereocenters. The van der Waals surface area contributed by atoms with Crippen molar-refractivity contribution < 1.29 is 9.59 Å². The first-order valence-electron chi connectivity index (χ1n) is 2.00. The summed E-state index contributed by atoms with van der Waals surface area (Å²) in [5.41, 5.74) is 3.92. The molecule has 52 valence electrons. The molecule has 9 heavy (non-hydrogen) atoms. The lowest BCUT2D eigenvalue weighted by molar-refractivity contribution is -0.119. The van der Waals surface area contributed by atoms with Crippen LogP contribution in [0.3, 0.4) is 0 Å². The van der Waals surface area contributed by atoms with Crippen molar-refractivity contribution in [3.05, 3.63) is 0 Å². The number of amides is 2. The minimum Gasteiger partial charge on any atom is -0.272 e. The molecule has 2 N–H and O–H groups in total. The molecule has 0 aliphatic heterocycles. The molecule has 0 saturated heterocycles. The normalized spacial score (nSPS) is 8.22. The van der Waals surface area contributed by atoms with Crippen molar-refractivity contribution in [3.63, 3.8) is 0 Å². The summed E-state index contributed by atoms with van der Waals surface area (Å²) in [5, 5.41) is -0.631. The average molecular weight is 169 g/mol. The van der Waals surface area contributed by atoms with Gasteiger partial charge in [-0.25, -0.2) is 0 Å². The maximum absolute atomic E-state index is 10.2. The molecule has 0 unspecified atom stereocenters. The first-order chi connectivity index (χ1) is 4.16. The van der Waals surface area contributed by atoms with Gasteiger partial charge >= 0.3 is 0 Å². The van der Waals surface area contributed by atoms with E-state index in [4.69, 9.17) is 11.6 Å². The predicted molar refractivity (Wildman–Crippen MR) is 36.4 cm³/mol. The third-order valence-electron chi connectivity index (χ3n) is 0.430. The second kappa shape index (κ2) is 4.46. The molecule has 0 fully saturated rings. The molecular weight excluding hydrogens is 164 g/mol. The maximum atomic E-state index is 10.2. The van der Waals surface area contributed by atoms with Crippen LogP contribution in [0, 0.1) is 0 Å². The molecule has 0 bridgehead atoms. The Morgan fingerprint density at radius 2 is 2.00 bits per heavy atom. The van der Waals surface area contributed by atoms with Crippen molar-refractivity contribution >= 4 is 35.4 Å². The van der Waals surface area contributed by atoms with Crippen molar-refractivity contribution in [2.45, 2.75) is 0 Å². The fourth-order valence-corrected chi connectivity index (χ4v) is 0.279. The van der Waals surface area contributed by atoms with Gasteiger partial charge in [0.25, 0.3) is 11.1 Å². The van der Waals surface area contributed by atoms with Crippen LogP contribution in [-0.2, 0) is 4.79 Å². The number of hydrogen-bond donors (Lipinski definition) is 3. The van der Waals surface area contributed by atoms with E-state index in [-0.39, 0.29) is 5.88 Å². The highest BCUT2D eigenvalue weighted by atomic mass is 35.5. The molecule has 0 radical (unpaired) electrons. The molecule has 0 saturated carbocycles. The van der Waals surface area contributed by atoms with E-state index in [2.05, 4.69) is 12.6 Å². The number of nitrogens with one attached hydrogen (secondary N) is 2. The zero-order chi connectivity index (χ0) is 7.28. The van der Waals surface area contributed by atoms with Crippen molar-refractivity contribution in [1.82, 2.24) is 10.9 Å². The molecule has 0 spiro atoms. The fourth-order valence-electron chi connectivity index (χ4n) is 0.157. The number of carbonyl (C=O) groups is 2. The van der Waals surface area contributed by atoms with Crippen LogP contribution in [0.25, 0.3) is 0 Å². The molecule has 0 aromatic carbocycles. The molecule has 0 aromatic heterocycles. The van der Waals surface area contributed by atoms with Gasteiger partial charge in [-0.15, -0.1) is 11.6 Å². The second-order valence-electron chi connectivity index (χ2n) is 1.11. The molecule has 6 heteroatoms. The lowest BCUT2D eigenvalue weighted by Crippen LogP contribution is -2.39. The van der Waals surface area contributed by atoms with E-state index in [0.29, 0.717) is 0 Å². The largest absolute Gasteiger partial charge is 0.294 e. The first kappa shape index (κ1) is 8.58. The lowest BCUT2D eigenvalue weighted by atomic mass is 10.7. The van der Waals surface area contributed by atoms with Crippen LogP contribution in [0.15, 0.2) is 0 Å². The van der Waals surface area contributed by atoms with Crippen LogP contribution in [0.4, 0.5) is 4.79 Å². The predicted octanol–water partition coefficient (Wildman–Crippen LogP) is -0.104. The van der Waals surface area contributed by atoms with E-state index >= 15 is 0 Å². The highest BCUT2D eigenvalue weighted by Gasteiger charge is 1.96. The number of hydrazine groups is 1. The van der Waals surface area contributed by atoms with Gasteiger partial charge in [0.05, 0.1) is 0 Å². The molecule has 0 heterocycles. The number of thiol groups is 1. The Morgan fingerprint density at radius 3 is 2.33 bits per heavy atom. The highest BCUT2D eigenvalue weighted by Crippen LogP contribution is 1.73. The van der Waals surface area contributed by atoms with Gasteiger partial charge < -0.3 is 0 Å². The Labute approximate surface area is 62.3 Å². The quantitative estimate of drug-likeness (QED) is 0.291. The Balaban J connectivity index is 3.28. The molecule has 0 aliphatic rings. The van der Waals surface area contributed by atoms with Crippen LogP contribution >= 0.6 is 24.2 Å². The van der Waals surface area contributed by atoms with E-state index in [1.54, 1.807) is 0 Å². The summed E-state index contributed by atoms with van der Waals surface area (Å²) in [6.45, 7) is 0. The summed E-state index contributed by atoms with van der Waals surface area (Å²) in [6, 6.07) is 0. The SMILES string of the molecule is O=C(S)NNC(=O)CCl. The summed E-state index contributed by atoms with van der Waals surface area (Å²) in [6.07, 6.45) is 0. The molecule has 0 aromatic rings. The maximum Gasteiger partial charge on any atom is 0.294 e. The number of rotatable bonds is 1. The monoisotopic (exact) mass is 168 g/mol. The van der Waals surface area contributed by atoms with Crippen LogP contribution in [0.5, 0.6) is 0 Å². The van der Waals surface area contributed by atoms with Gasteiger partial charge in [0, 0.05) is 0 Å². The lowest BCUT2D eigenvalue weighted by Gasteiger charge is -1.99. The summed E-state index contributed by atoms with van der Waals surface area (Å²) in [5.74, 6) is -0.660. The van der Waals surface area contributed by atoms with E-state index < -0.39 is 11.1 Å². The van der Waals surface area contributed by atoms with Crippen molar-refractivity contribution in [2.75, 3.05) is 5.88 Å². The molecule has 2 amide bonds. The fraction of sp³-hybridized carbons (Fsp3) is 0.333. The van der Waals surface area contributed by atoms with Gasteiger partial charge in [0.2, 0.25) is 0 Å². The zero-order valence-corrected chi connectivity index (χ0v) is 6.00. The van der Waals surface area contributed by atoms with Gasteiger partial charge in [-0.1, -0.05) is 12.6 Å². The van der Waals surface area contributed by atoms with Crippen LogP contribution in [0.1, 0.15) is 0 Å². The smallest absolute Gasteiger partial charge is 0.272 e. The van der Waals surface area contributed by atoms with Crippen molar-refractivity contribution in [2.24, 2.45) is 0 Å². The molecular formula is C3H5ClN2O2S. The molecule has 4 nitrogen and oxygen atoms in total. The first-order valence-corrected chi connectivity index (χ1v) is 2.98. The minimum absolute atomic E-state index is 0.186. The summed E-state index contributed by atoms with van der Waals surface area (Å²) >= 11 is 8.35. The number of halogens is 1. The molecule has 0 aliphatic carbocycles. The Morgan fingerprint density at radius 1 is 1.44 bits per heavy atom. The Kier molecular flexibility index (Phi) is 4.25. The van der Waals surface area contributed by atoms with Crippen molar-refractivity contribution in [3.8, 4) is 0 Å². The van der Waals surface area contributed by atoms with Gasteiger partial charge in [-0.2, -0.15) is 0 Å². The zero-order valence-electron chi connectivity index (χ0n) is 4.35. The van der Waals surface area contributed by atoms with Crippen LogP contribution < -0.4 is 10.9 Å². The van der Waals surface area contributed by atoms with E-state index in [0.717, 1.165) is 0 Å². The average Bonchev–Trinajstić information content (AvgIpc) is 1.83. The number of hydrogen-bond acceptors (Lipinski definition) is 2. The third kappa shape index (κ3) is 5.45. The second-order valence-corrected chi connectivity index (χ2v) is 1.79. The number of carbonyl (C=O) groups excluding carboxylic acids is 2. The Hall–Kier alpha value is -0.420. The van der Waals surface area contributed by atoms with Crippen LogP contribution in [0.2, 0.25) is 0 Å². The topological polar surface area (TPSA) is 58.2 Å². The highest BCUT2D eigenvalue weighted by molar-refractivity contribution is 7.96. The number of alkyl halides is 1. The van der Waals surface area contributed by atoms with Gasteiger partial charge in [0.15, 0.2) is 0 Å². The third-order valence-corrected chi connectivity index (χ3v) is 0.785. The molecule has 0 rings (SSSR count). The minimum atomic E-state index is -0.631. The Bertz CT molecular complexity index is 129. The van der Waals surface area contributed by atoms with E-state index in [9.17, 15) is 9.59 Å². The van der Waals surface area contributed by atoms with Crippen molar-refractivity contribution in [1.29, 1.82) is 0 Å². The van der Waals surface area contributed by atoms with Gasteiger partial charge in [0.1, 0.15) is 5.88 Å². The van der Waals surface area contributed by atoms with Crippen LogP contribution in [-0.4, -0.2) is 17.0 Å². The van der Waals surface area contributed by atoms with Gasteiger partial charge in [-0.3, -0.25) is 20.4 Å². The summed E-state index contributed by atoms with van der Waals surface area (Å²) in [7, 11) is 0. The summed E-state index contributed by atoms with van der Waals surface area (Å²) in [4.78, 5) is 20.2. The van der Waals surface area contributed by atoms with E-state index in [1.807, 2.05) is 10.9 Å². The van der Waals surface area contributed by atoms with Gasteiger partial charge in [-0.05, 0) is 0 Å². The summed E-state index contributed by atoms with van der Waals surface area (Å²) < 4.78 is 0. The standard InChI is InChI=1S/C3H5ClN2O2S/c4-1-2(7)5-6-3(8)9/h1H2,(H,5,7)(H2,6,8,9).